The Morgan fingerprint density at radius 3 is 2.68 bits per heavy atom. The first-order valence-electron chi connectivity index (χ1n) is 5.88. The number of aromatic nitrogens is 1. The SMILES string of the molecule is Clc1cc(COCc2ccc3c(c2)OCO3)ccn1. The highest BCUT2D eigenvalue weighted by Gasteiger charge is 2.12. The molecule has 19 heavy (non-hydrogen) atoms. The van der Waals surface area contributed by atoms with Crippen molar-refractivity contribution in [2.75, 3.05) is 6.79 Å². The van der Waals surface area contributed by atoms with E-state index in [1.165, 1.54) is 0 Å². The molecule has 0 aliphatic carbocycles. The maximum atomic E-state index is 5.81. The lowest BCUT2D eigenvalue weighted by molar-refractivity contribution is 0.107. The van der Waals surface area contributed by atoms with Crippen molar-refractivity contribution in [1.29, 1.82) is 0 Å². The number of halogens is 1. The third-order valence-electron chi connectivity index (χ3n) is 2.77. The van der Waals surface area contributed by atoms with Crippen LogP contribution in [-0.2, 0) is 18.0 Å². The summed E-state index contributed by atoms with van der Waals surface area (Å²) in [4.78, 5) is 3.92. The van der Waals surface area contributed by atoms with Crippen LogP contribution in [-0.4, -0.2) is 11.8 Å². The Morgan fingerprint density at radius 2 is 1.84 bits per heavy atom. The van der Waals surface area contributed by atoms with E-state index in [1.54, 1.807) is 12.3 Å². The average molecular weight is 278 g/mol. The Hall–Kier alpha value is -1.78. The summed E-state index contributed by atoms with van der Waals surface area (Å²) < 4.78 is 16.2. The van der Waals surface area contributed by atoms with Crippen LogP contribution in [0.5, 0.6) is 11.5 Å². The number of rotatable bonds is 4. The van der Waals surface area contributed by atoms with Gasteiger partial charge in [-0.25, -0.2) is 4.98 Å². The van der Waals surface area contributed by atoms with Crippen molar-refractivity contribution in [1.82, 2.24) is 4.98 Å². The van der Waals surface area contributed by atoms with E-state index in [-0.39, 0.29) is 6.79 Å². The molecule has 1 aliphatic rings. The predicted molar refractivity (Wildman–Crippen MR) is 70.3 cm³/mol. The highest BCUT2D eigenvalue weighted by molar-refractivity contribution is 6.29. The van der Waals surface area contributed by atoms with Crippen molar-refractivity contribution < 1.29 is 14.2 Å². The minimum atomic E-state index is 0.287. The summed E-state index contributed by atoms with van der Waals surface area (Å²) in [5.74, 6) is 1.55. The van der Waals surface area contributed by atoms with Gasteiger partial charge in [0.05, 0.1) is 13.2 Å². The molecule has 1 aromatic heterocycles. The molecule has 3 rings (SSSR count). The molecule has 0 radical (unpaired) electrons. The van der Waals surface area contributed by atoms with Crippen LogP contribution in [0.1, 0.15) is 11.1 Å². The van der Waals surface area contributed by atoms with E-state index in [2.05, 4.69) is 4.98 Å². The zero-order valence-electron chi connectivity index (χ0n) is 10.1. The lowest BCUT2D eigenvalue weighted by atomic mass is 10.2. The second kappa shape index (κ2) is 5.47. The van der Waals surface area contributed by atoms with E-state index in [4.69, 9.17) is 25.8 Å². The fourth-order valence-corrected chi connectivity index (χ4v) is 2.05. The van der Waals surface area contributed by atoms with Gasteiger partial charge in [0.25, 0.3) is 0 Å². The minimum absolute atomic E-state index is 0.287. The highest BCUT2D eigenvalue weighted by atomic mass is 35.5. The summed E-state index contributed by atoms with van der Waals surface area (Å²) in [7, 11) is 0. The normalized spacial score (nSPS) is 12.7. The third-order valence-corrected chi connectivity index (χ3v) is 2.97. The monoisotopic (exact) mass is 277 g/mol. The van der Waals surface area contributed by atoms with Crippen molar-refractivity contribution >= 4 is 11.6 Å². The van der Waals surface area contributed by atoms with E-state index in [0.29, 0.717) is 18.4 Å². The average Bonchev–Trinajstić information content (AvgIpc) is 2.86. The van der Waals surface area contributed by atoms with Crippen LogP contribution in [0.3, 0.4) is 0 Å². The molecule has 0 saturated heterocycles. The number of pyridine rings is 1. The van der Waals surface area contributed by atoms with Crippen LogP contribution in [0.4, 0.5) is 0 Å². The van der Waals surface area contributed by atoms with Crippen LogP contribution < -0.4 is 9.47 Å². The second-order valence-corrected chi connectivity index (χ2v) is 4.55. The summed E-state index contributed by atoms with van der Waals surface area (Å²) in [6, 6.07) is 9.46. The summed E-state index contributed by atoms with van der Waals surface area (Å²) in [5.41, 5.74) is 2.05. The Labute approximate surface area is 115 Å². The van der Waals surface area contributed by atoms with Gasteiger partial charge in [-0.2, -0.15) is 0 Å². The molecule has 0 N–H and O–H groups in total. The summed E-state index contributed by atoms with van der Waals surface area (Å²) in [6.07, 6.45) is 1.67. The molecule has 0 saturated carbocycles. The van der Waals surface area contributed by atoms with Crippen LogP contribution in [0.25, 0.3) is 0 Å². The Balaban J connectivity index is 1.58. The zero-order chi connectivity index (χ0) is 13.1. The summed E-state index contributed by atoms with van der Waals surface area (Å²) in [5, 5.41) is 0.476. The van der Waals surface area contributed by atoms with Gasteiger partial charge in [0.2, 0.25) is 6.79 Å². The van der Waals surface area contributed by atoms with E-state index in [1.807, 2.05) is 24.3 Å². The molecule has 2 aromatic rings. The molecular formula is C14H12ClNO3. The molecule has 1 aliphatic heterocycles. The molecule has 5 heteroatoms. The van der Waals surface area contributed by atoms with Crippen LogP contribution in [0.15, 0.2) is 36.5 Å². The first-order valence-corrected chi connectivity index (χ1v) is 6.26. The van der Waals surface area contributed by atoms with Crippen molar-refractivity contribution in [3.8, 4) is 11.5 Å². The van der Waals surface area contributed by atoms with Crippen LogP contribution >= 0.6 is 11.6 Å². The molecule has 0 atom stereocenters. The molecule has 0 amide bonds. The third kappa shape index (κ3) is 2.97. The lowest BCUT2D eigenvalue weighted by Crippen LogP contribution is -1.95. The van der Waals surface area contributed by atoms with Crippen LogP contribution in [0, 0.1) is 0 Å². The smallest absolute Gasteiger partial charge is 0.231 e. The van der Waals surface area contributed by atoms with Gasteiger partial charge in [0, 0.05) is 6.20 Å². The largest absolute Gasteiger partial charge is 0.454 e. The Bertz CT molecular complexity index is 589. The Morgan fingerprint density at radius 1 is 1.05 bits per heavy atom. The van der Waals surface area contributed by atoms with Gasteiger partial charge in [0.15, 0.2) is 11.5 Å². The maximum absolute atomic E-state index is 5.81. The van der Waals surface area contributed by atoms with E-state index in [9.17, 15) is 0 Å². The molecule has 98 valence electrons. The number of fused-ring (bicyclic) bond motifs is 1. The minimum Gasteiger partial charge on any atom is -0.454 e. The van der Waals surface area contributed by atoms with Crippen LogP contribution in [0.2, 0.25) is 5.15 Å². The van der Waals surface area contributed by atoms with Gasteiger partial charge in [-0.1, -0.05) is 17.7 Å². The number of ether oxygens (including phenoxy) is 3. The number of hydrogen-bond acceptors (Lipinski definition) is 4. The van der Waals surface area contributed by atoms with Gasteiger partial charge >= 0.3 is 0 Å². The number of nitrogens with zero attached hydrogens (tertiary/aromatic N) is 1. The van der Waals surface area contributed by atoms with Crippen molar-refractivity contribution in [3.05, 3.63) is 52.8 Å². The van der Waals surface area contributed by atoms with Gasteiger partial charge in [-0.05, 0) is 35.4 Å². The summed E-state index contributed by atoms with van der Waals surface area (Å²) in [6.45, 7) is 1.29. The highest BCUT2D eigenvalue weighted by Crippen LogP contribution is 2.32. The van der Waals surface area contributed by atoms with E-state index < -0.39 is 0 Å². The number of benzene rings is 1. The molecule has 0 unspecified atom stereocenters. The fraction of sp³-hybridized carbons (Fsp3) is 0.214. The molecule has 0 fully saturated rings. The molecule has 0 bridgehead atoms. The fourth-order valence-electron chi connectivity index (χ4n) is 1.85. The molecular weight excluding hydrogens is 266 g/mol. The Kier molecular flexibility index (Phi) is 3.53. The van der Waals surface area contributed by atoms with Crippen molar-refractivity contribution in [3.63, 3.8) is 0 Å². The molecule has 0 spiro atoms. The van der Waals surface area contributed by atoms with Crippen molar-refractivity contribution in [2.45, 2.75) is 13.2 Å². The quantitative estimate of drug-likeness (QED) is 0.805. The van der Waals surface area contributed by atoms with E-state index in [0.717, 1.165) is 22.6 Å². The standard InChI is InChI=1S/C14H12ClNO3/c15-14-6-11(3-4-16-14)8-17-7-10-1-2-12-13(5-10)19-9-18-12/h1-6H,7-9H2. The summed E-state index contributed by atoms with van der Waals surface area (Å²) >= 11 is 5.81. The van der Waals surface area contributed by atoms with E-state index >= 15 is 0 Å². The first-order chi connectivity index (χ1) is 9.31. The molecule has 1 aromatic carbocycles. The second-order valence-electron chi connectivity index (χ2n) is 4.17. The lowest BCUT2D eigenvalue weighted by Gasteiger charge is -2.05. The van der Waals surface area contributed by atoms with Gasteiger partial charge in [-0.15, -0.1) is 0 Å². The number of hydrogen-bond donors (Lipinski definition) is 0. The molecule has 2 heterocycles. The predicted octanol–water partition coefficient (Wildman–Crippen LogP) is 3.18. The zero-order valence-corrected chi connectivity index (χ0v) is 10.9. The first kappa shape index (κ1) is 12.3. The van der Waals surface area contributed by atoms with Gasteiger partial charge < -0.3 is 14.2 Å². The van der Waals surface area contributed by atoms with Crippen molar-refractivity contribution in [2.24, 2.45) is 0 Å². The van der Waals surface area contributed by atoms with Gasteiger partial charge in [0.1, 0.15) is 5.15 Å². The van der Waals surface area contributed by atoms with Gasteiger partial charge in [-0.3, -0.25) is 0 Å². The molecule has 4 nitrogen and oxygen atoms in total. The maximum Gasteiger partial charge on any atom is 0.231 e. The topological polar surface area (TPSA) is 40.6 Å².